The smallest absolute Gasteiger partial charge is 0.0660 e. The highest BCUT2D eigenvalue weighted by molar-refractivity contribution is 5.98. The van der Waals surface area contributed by atoms with Gasteiger partial charge < -0.3 is 5.32 Å². The van der Waals surface area contributed by atoms with Crippen molar-refractivity contribution in [2.75, 3.05) is 6.67 Å². The van der Waals surface area contributed by atoms with Crippen molar-refractivity contribution in [2.24, 2.45) is 0 Å². The molecule has 1 heterocycles. The molecule has 0 fully saturated rings. The Morgan fingerprint density at radius 2 is 1.59 bits per heavy atom. The highest BCUT2D eigenvalue weighted by Gasteiger charge is 2.36. The van der Waals surface area contributed by atoms with Gasteiger partial charge in [0.1, 0.15) is 0 Å². The molecule has 0 bridgehead atoms. The van der Waals surface area contributed by atoms with E-state index >= 15 is 0 Å². The van der Waals surface area contributed by atoms with Gasteiger partial charge in [-0.05, 0) is 45.0 Å². The first-order chi connectivity index (χ1) is 14.1. The van der Waals surface area contributed by atoms with Gasteiger partial charge in [-0.1, -0.05) is 86.7 Å². The quantitative estimate of drug-likeness (QED) is 0.594. The van der Waals surface area contributed by atoms with Gasteiger partial charge in [-0.3, -0.25) is 5.32 Å². The summed E-state index contributed by atoms with van der Waals surface area (Å²) in [5.41, 5.74) is 12.1. The van der Waals surface area contributed by atoms with Gasteiger partial charge in [-0.2, -0.15) is 0 Å². The Kier molecular flexibility index (Phi) is 3.45. The summed E-state index contributed by atoms with van der Waals surface area (Å²) in [4.78, 5) is 0. The van der Waals surface area contributed by atoms with Crippen LogP contribution in [0.2, 0.25) is 0 Å². The Morgan fingerprint density at radius 1 is 0.828 bits per heavy atom. The van der Waals surface area contributed by atoms with Gasteiger partial charge in [0.2, 0.25) is 0 Å². The molecule has 1 unspecified atom stereocenters. The molecule has 2 N–H and O–H groups in total. The van der Waals surface area contributed by atoms with Gasteiger partial charge in [0, 0.05) is 16.7 Å². The van der Waals surface area contributed by atoms with Crippen LogP contribution in [-0.4, -0.2) is 12.7 Å². The average molecular weight is 377 g/mol. The maximum absolute atomic E-state index is 3.65. The van der Waals surface area contributed by atoms with Crippen LogP contribution >= 0.6 is 0 Å². The van der Waals surface area contributed by atoms with Crippen molar-refractivity contribution in [1.82, 2.24) is 10.6 Å². The lowest BCUT2D eigenvalue weighted by Crippen LogP contribution is -2.43. The van der Waals surface area contributed by atoms with Crippen LogP contribution in [0.5, 0.6) is 0 Å². The molecule has 3 aromatic carbocycles. The lowest BCUT2D eigenvalue weighted by atomic mass is 9.80. The third kappa shape index (κ3) is 2.33. The number of nitrogens with one attached hydrogen (secondary N) is 2. The maximum atomic E-state index is 3.65. The predicted molar refractivity (Wildman–Crippen MR) is 121 cm³/mol. The van der Waals surface area contributed by atoms with Crippen molar-refractivity contribution >= 4 is 17.3 Å². The molecule has 0 amide bonds. The lowest BCUT2D eigenvalue weighted by molar-refractivity contribution is 0.628. The first kappa shape index (κ1) is 16.8. The van der Waals surface area contributed by atoms with Gasteiger partial charge in [-0.25, -0.2) is 0 Å². The third-order valence-electron chi connectivity index (χ3n) is 6.76. The molecular weight excluding hydrogens is 352 g/mol. The van der Waals surface area contributed by atoms with Gasteiger partial charge in [-0.15, -0.1) is 0 Å². The largest absolute Gasteiger partial charge is 0.372 e. The van der Waals surface area contributed by atoms with E-state index in [0.717, 1.165) is 6.67 Å². The molecule has 1 aliphatic heterocycles. The highest BCUT2D eigenvalue weighted by Crippen LogP contribution is 2.49. The van der Waals surface area contributed by atoms with Gasteiger partial charge >= 0.3 is 0 Å². The minimum atomic E-state index is 0.0177. The first-order valence-corrected chi connectivity index (χ1v) is 10.4. The van der Waals surface area contributed by atoms with E-state index in [1.807, 2.05) is 0 Å². The Balaban J connectivity index is 1.56. The van der Waals surface area contributed by atoms with Crippen LogP contribution in [0.1, 0.15) is 41.7 Å². The van der Waals surface area contributed by atoms with E-state index in [-0.39, 0.29) is 11.5 Å². The molecule has 0 spiro atoms. The fraction of sp³-hybridized carbons (Fsp3) is 0.185. The summed E-state index contributed by atoms with van der Waals surface area (Å²) in [6, 6.07) is 24.8. The van der Waals surface area contributed by atoms with Gasteiger partial charge in [0.25, 0.3) is 0 Å². The highest BCUT2D eigenvalue weighted by atomic mass is 15.1. The number of benzene rings is 3. The fourth-order valence-corrected chi connectivity index (χ4v) is 5.27. The molecule has 0 aromatic heterocycles. The van der Waals surface area contributed by atoms with Crippen molar-refractivity contribution in [2.45, 2.75) is 25.3 Å². The standard InChI is InChI=1S/C27H24N2/c1-27(2)22-10-6-5-9-20(22)21-13-11-18(15-23(21)27)26-25-19-8-4-3-7-17(19)12-14-24(25)28-16-29-26/h3-15,24,28-29H,16H2,1-2H3. The summed E-state index contributed by atoms with van der Waals surface area (Å²) in [6.07, 6.45) is 4.52. The van der Waals surface area contributed by atoms with E-state index < -0.39 is 0 Å². The Hall–Kier alpha value is -3.10. The molecule has 2 nitrogen and oxygen atoms in total. The lowest BCUT2D eigenvalue weighted by Gasteiger charge is -2.33. The summed E-state index contributed by atoms with van der Waals surface area (Å²) in [6.45, 7) is 5.46. The molecule has 3 aromatic rings. The molecule has 2 aliphatic carbocycles. The molecule has 142 valence electrons. The Bertz CT molecular complexity index is 1210. The first-order valence-electron chi connectivity index (χ1n) is 10.4. The van der Waals surface area contributed by atoms with Crippen LogP contribution in [0, 0.1) is 0 Å². The van der Waals surface area contributed by atoms with Crippen LogP contribution in [-0.2, 0) is 5.41 Å². The molecule has 6 rings (SSSR count). The molecule has 0 saturated carbocycles. The molecule has 2 heteroatoms. The number of fused-ring (bicyclic) bond motifs is 6. The summed E-state index contributed by atoms with van der Waals surface area (Å²) in [7, 11) is 0. The second-order valence-electron chi connectivity index (χ2n) is 8.70. The predicted octanol–water partition coefficient (Wildman–Crippen LogP) is 5.41. The molecule has 3 aliphatic rings. The summed E-state index contributed by atoms with van der Waals surface area (Å²) < 4.78 is 0. The second-order valence-corrected chi connectivity index (χ2v) is 8.70. The molecule has 0 saturated heterocycles. The molecule has 1 atom stereocenters. The zero-order valence-electron chi connectivity index (χ0n) is 16.8. The van der Waals surface area contributed by atoms with E-state index in [4.69, 9.17) is 0 Å². The monoisotopic (exact) mass is 376 g/mol. The van der Waals surface area contributed by atoms with E-state index in [9.17, 15) is 0 Å². The van der Waals surface area contributed by atoms with E-state index in [0.29, 0.717) is 0 Å². The van der Waals surface area contributed by atoms with Crippen molar-refractivity contribution in [3.63, 3.8) is 0 Å². The second kappa shape index (κ2) is 5.95. The maximum Gasteiger partial charge on any atom is 0.0660 e. The van der Waals surface area contributed by atoms with Crippen LogP contribution < -0.4 is 10.6 Å². The van der Waals surface area contributed by atoms with Gasteiger partial charge in [0.05, 0.1) is 12.7 Å². The third-order valence-corrected chi connectivity index (χ3v) is 6.76. The van der Waals surface area contributed by atoms with E-state index in [1.165, 1.54) is 50.2 Å². The number of rotatable bonds is 1. The Morgan fingerprint density at radius 3 is 2.48 bits per heavy atom. The van der Waals surface area contributed by atoms with Crippen molar-refractivity contribution in [3.8, 4) is 11.1 Å². The minimum absolute atomic E-state index is 0.0177. The van der Waals surface area contributed by atoms with Crippen LogP contribution in [0.25, 0.3) is 28.5 Å². The van der Waals surface area contributed by atoms with Crippen LogP contribution in [0.4, 0.5) is 0 Å². The topological polar surface area (TPSA) is 24.1 Å². The van der Waals surface area contributed by atoms with Crippen LogP contribution in [0.15, 0.2) is 72.8 Å². The summed E-state index contributed by atoms with van der Waals surface area (Å²) >= 11 is 0. The minimum Gasteiger partial charge on any atom is -0.372 e. The van der Waals surface area contributed by atoms with Crippen LogP contribution in [0.3, 0.4) is 0 Å². The van der Waals surface area contributed by atoms with Crippen molar-refractivity contribution < 1.29 is 0 Å². The normalized spacial score (nSPS) is 20.4. The van der Waals surface area contributed by atoms with E-state index in [1.54, 1.807) is 0 Å². The Labute approximate surface area is 172 Å². The average Bonchev–Trinajstić information content (AvgIpc) is 3.00. The molecule has 29 heavy (non-hydrogen) atoms. The van der Waals surface area contributed by atoms with E-state index in [2.05, 4.69) is 103 Å². The molecular formula is C27H24N2. The molecule has 0 radical (unpaired) electrons. The fourth-order valence-electron chi connectivity index (χ4n) is 5.27. The van der Waals surface area contributed by atoms with Crippen molar-refractivity contribution in [1.29, 1.82) is 0 Å². The SMILES string of the molecule is CC1(C)c2ccccc2-c2ccc(C3=C4c5ccccc5C=CC4NCN3)cc21. The summed E-state index contributed by atoms with van der Waals surface area (Å²) in [5, 5.41) is 7.24. The number of hydrogen-bond acceptors (Lipinski definition) is 2. The van der Waals surface area contributed by atoms with Crippen molar-refractivity contribution in [3.05, 3.63) is 101 Å². The van der Waals surface area contributed by atoms with Gasteiger partial charge in [0.15, 0.2) is 0 Å². The number of hydrogen-bond donors (Lipinski definition) is 2. The summed E-state index contributed by atoms with van der Waals surface area (Å²) in [5.74, 6) is 0. The zero-order valence-corrected chi connectivity index (χ0v) is 16.8. The zero-order chi connectivity index (χ0) is 19.6.